The number of ether oxygens (including phenoxy) is 2. The van der Waals surface area contributed by atoms with E-state index in [9.17, 15) is 19.5 Å². The quantitative estimate of drug-likeness (QED) is 0.162. The van der Waals surface area contributed by atoms with E-state index >= 15 is 0 Å². The Morgan fingerprint density at radius 2 is 1.23 bits per heavy atom. The second-order valence-corrected chi connectivity index (χ2v) is 10.9. The fourth-order valence-electron chi connectivity index (χ4n) is 5.55. The maximum atomic E-state index is 14.3. The fourth-order valence-corrected chi connectivity index (χ4v) is 5.83. The summed E-state index contributed by atoms with van der Waals surface area (Å²) in [6.07, 6.45) is 0.356. The van der Waals surface area contributed by atoms with Crippen molar-refractivity contribution in [2.45, 2.75) is 32.5 Å². The van der Waals surface area contributed by atoms with Gasteiger partial charge in [0.2, 0.25) is 0 Å². The molecule has 0 aromatic heterocycles. The third-order valence-electron chi connectivity index (χ3n) is 7.73. The highest BCUT2D eigenvalue weighted by Gasteiger charge is 2.44. The molecule has 0 bridgehead atoms. The number of amides is 2. The van der Waals surface area contributed by atoms with Crippen LogP contribution in [-0.4, -0.2) is 22.9 Å². The minimum Gasteiger partial charge on any atom is -0.487 e. The van der Waals surface area contributed by atoms with Gasteiger partial charge in [0.15, 0.2) is 0 Å². The van der Waals surface area contributed by atoms with Gasteiger partial charge in [-0.3, -0.25) is 14.4 Å². The van der Waals surface area contributed by atoms with Crippen LogP contribution in [0.15, 0.2) is 103 Å². The van der Waals surface area contributed by atoms with Crippen molar-refractivity contribution in [1.82, 2.24) is 0 Å². The summed E-state index contributed by atoms with van der Waals surface area (Å²) in [6.45, 7) is 2.11. The highest BCUT2D eigenvalue weighted by Crippen LogP contribution is 2.47. The van der Waals surface area contributed by atoms with E-state index in [4.69, 9.17) is 21.1 Å². The SMILES string of the molecule is CCC(C(=O)O)c1ccc(N2C(=O)c3c(c(OCc4ccccc4)c4ccccc4c3OCc3ccccc3)C2=O)c(Cl)c1. The second kappa shape index (κ2) is 12.2. The topological polar surface area (TPSA) is 93.1 Å². The minimum atomic E-state index is -0.982. The molecule has 1 aliphatic rings. The first-order chi connectivity index (χ1) is 21.4. The first-order valence-corrected chi connectivity index (χ1v) is 14.6. The number of hydrogen-bond acceptors (Lipinski definition) is 5. The molecular weight excluding hydrogens is 578 g/mol. The summed E-state index contributed by atoms with van der Waals surface area (Å²) in [7, 11) is 0. The number of carbonyl (C=O) groups is 3. The van der Waals surface area contributed by atoms with Gasteiger partial charge < -0.3 is 14.6 Å². The van der Waals surface area contributed by atoms with Crippen LogP contribution in [0.2, 0.25) is 5.02 Å². The number of rotatable bonds is 10. The van der Waals surface area contributed by atoms with E-state index in [0.29, 0.717) is 22.8 Å². The lowest BCUT2D eigenvalue weighted by molar-refractivity contribution is -0.138. The van der Waals surface area contributed by atoms with Crippen LogP contribution < -0.4 is 14.4 Å². The normalized spacial score (nSPS) is 13.2. The van der Waals surface area contributed by atoms with Gasteiger partial charge in [0.25, 0.3) is 11.8 Å². The highest BCUT2D eigenvalue weighted by molar-refractivity contribution is 6.41. The maximum absolute atomic E-state index is 14.3. The Kier molecular flexibility index (Phi) is 8.05. The van der Waals surface area contributed by atoms with Crippen molar-refractivity contribution in [2.24, 2.45) is 0 Å². The summed E-state index contributed by atoms with van der Waals surface area (Å²) in [6, 6.07) is 31.0. The molecule has 2 amide bonds. The number of benzene rings is 5. The predicted octanol–water partition coefficient (Wildman–Crippen LogP) is 8.03. The predicted molar refractivity (Wildman–Crippen MR) is 169 cm³/mol. The van der Waals surface area contributed by atoms with E-state index < -0.39 is 23.7 Å². The first-order valence-electron chi connectivity index (χ1n) is 14.2. The summed E-state index contributed by atoms with van der Waals surface area (Å²) in [5.74, 6) is -2.42. The molecule has 0 saturated heterocycles. The third kappa shape index (κ3) is 5.27. The number of carboxylic acids is 1. The summed E-state index contributed by atoms with van der Waals surface area (Å²) in [5.41, 5.74) is 2.59. The lowest BCUT2D eigenvalue weighted by Gasteiger charge is -2.18. The number of carboxylic acid groups (broad SMARTS) is 1. The molecule has 0 aliphatic carbocycles. The van der Waals surface area contributed by atoms with Crippen LogP contribution in [0.25, 0.3) is 10.8 Å². The number of nitrogens with zero attached hydrogens (tertiary/aromatic N) is 1. The maximum Gasteiger partial charge on any atom is 0.310 e. The Bertz CT molecular complexity index is 1790. The number of carbonyl (C=O) groups excluding carboxylic acids is 2. The number of imide groups is 1. The molecule has 0 radical (unpaired) electrons. The molecule has 0 fully saturated rings. The summed E-state index contributed by atoms with van der Waals surface area (Å²) in [4.78, 5) is 41.3. The molecule has 1 unspecified atom stereocenters. The standard InChI is InChI=1S/C36H28ClNO6/c1-2-25(36(41)42)24-17-18-29(28(37)19-24)38-34(39)30-31(35(38)40)33(44-21-23-13-7-4-8-14-23)27-16-10-9-15-26(27)32(30)43-20-22-11-5-3-6-12-22/h3-19,25H,2,20-21H2,1H3,(H,41,42). The van der Waals surface area contributed by atoms with Crippen LogP contribution in [0.5, 0.6) is 11.5 Å². The largest absolute Gasteiger partial charge is 0.487 e. The molecule has 8 heteroatoms. The van der Waals surface area contributed by atoms with Crippen LogP contribution in [0.4, 0.5) is 5.69 Å². The van der Waals surface area contributed by atoms with Gasteiger partial charge in [-0.2, -0.15) is 0 Å². The monoisotopic (exact) mass is 605 g/mol. The first kappa shape index (κ1) is 29.0. The highest BCUT2D eigenvalue weighted by atomic mass is 35.5. The molecule has 44 heavy (non-hydrogen) atoms. The third-order valence-corrected chi connectivity index (χ3v) is 8.03. The number of fused-ring (bicyclic) bond motifs is 2. The van der Waals surface area contributed by atoms with Crippen LogP contribution in [0.3, 0.4) is 0 Å². The number of hydrogen-bond donors (Lipinski definition) is 1. The van der Waals surface area contributed by atoms with Crippen molar-refractivity contribution >= 4 is 45.8 Å². The molecule has 5 aromatic rings. The van der Waals surface area contributed by atoms with Gasteiger partial charge in [-0.1, -0.05) is 110 Å². The van der Waals surface area contributed by atoms with Crippen molar-refractivity contribution in [1.29, 1.82) is 0 Å². The summed E-state index contributed by atoms with van der Waals surface area (Å²) >= 11 is 6.65. The van der Waals surface area contributed by atoms with Gasteiger partial charge in [0, 0.05) is 10.8 Å². The van der Waals surface area contributed by atoms with Crippen molar-refractivity contribution in [3.05, 3.63) is 136 Å². The molecule has 0 spiro atoms. The molecule has 1 aliphatic heterocycles. The van der Waals surface area contributed by atoms with Crippen LogP contribution in [0.1, 0.15) is 56.7 Å². The van der Waals surface area contributed by atoms with E-state index in [1.165, 1.54) is 12.1 Å². The van der Waals surface area contributed by atoms with Crippen molar-refractivity contribution in [2.75, 3.05) is 4.90 Å². The van der Waals surface area contributed by atoms with E-state index in [0.717, 1.165) is 16.0 Å². The van der Waals surface area contributed by atoms with E-state index in [2.05, 4.69) is 0 Å². The van der Waals surface area contributed by atoms with Crippen LogP contribution in [-0.2, 0) is 18.0 Å². The zero-order valence-corrected chi connectivity index (χ0v) is 24.6. The Hall–Kier alpha value is -5.14. The molecule has 7 nitrogen and oxygen atoms in total. The zero-order chi connectivity index (χ0) is 30.8. The van der Waals surface area contributed by atoms with Crippen LogP contribution >= 0.6 is 11.6 Å². The van der Waals surface area contributed by atoms with Gasteiger partial charge in [0.1, 0.15) is 24.7 Å². The summed E-state index contributed by atoms with van der Waals surface area (Å²) in [5, 5.41) is 11.0. The molecule has 5 aromatic carbocycles. The molecule has 6 rings (SSSR count). The zero-order valence-electron chi connectivity index (χ0n) is 23.8. The fraction of sp³-hybridized carbons (Fsp3) is 0.139. The Balaban J connectivity index is 1.50. The van der Waals surface area contributed by atoms with Gasteiger partial charge in [-0.25, -0.2) is 4.90 Å². The summed E-state index contributed by atoms with van der Waals surface area (Å²) < 4.78 is 12.7. The van der Waals surface area contributed by atoms with Gasteiger partial charge >= 0.3 is 5.97 Å². The minimum absolute atomic E-state index is 0.0831. The number of halogens is 1. The van der Waals surface area contributed by atoms with Gasteiger partial charge in [-0.15, -0.1) is 0 Å². The van der Waals surface area contributed by atoms with Crippen LogP contribution in [0, 0.1) is 0 Å². The Labute approximate surface area is 259 Å². The van der Waals surface area contributed by atoms with Crippen molar-refractivity contribution in [3.63, 3.8) is 0 Å². The smallest absolute Gasteiger partial charge is 0.310 e. The molecule has 220 valence electrons. The molecule has 1 atom stereocenters. The molecule has 1 N–H and O–H groups in total. The number of anilines is 1. The van der Waals surface area contributed by atoms with E-state index in [1.807, 2.05) is 84.9 Å². The average molecular weight is 606 g/mol. The molecule has 1 heterocycles. The van der Waals surface area contributed by atoms with Crippen molar-refractivity contribution < 1.29 is 29.0 Å². The van der Waals surface area contributed by atoms with E-state index in [-0.39, 0.29) is 46.5 Å². The Morgan fingerprint density at radius 1 is 0.750 bits per heavy atom. The van der Waals surface area contributed by atoms with E-state index in [1.54, 1.807) is 13.0 Å². The molecular formula is C36H28ClNO6. The van der Waals surface area contributed by atoms with Gasteiger partial charge in [-0.05, 0) is 35.2 Å². The second-order valence-electron chi connectivity index (χ2n) is 10.5. The lowest BCUT2D eigenvalue weighted by atomic mass is 9.96. The van der Waals surface area contributed by atoms with Crippen molar-refractivity contribution in [3.8, 4) is 11.5 Å². The van der Waals surface area contributed by atoms with Gasteiger partial charge in [0.05, 0.1) is 27.8 Å². The Morgan fingerprint density at radius 3 is 1.66 bits per heavy atom. The lowest BCUT2D eigenvalue weighted by Crippen LogP contribution is -2.30. The average Bonchev–Trinajstić information content (AvgIpc) is 3.29. The molecule has 0 saturated carbocycles. The number of aliphatic carboxylic acids is 1.